The molecule has 1 fully saturated rings. The summed E-state index contributed by atoms with van der Waals surface area (Å²) in [5.41, 5.74) is 6.35. The van der Waals surface area contributed by atoms with Gasteiger partial charge in [0, 0.05) is 13.2 Å². The van der Waals surface area contributed by atoms with E-state index < -0.39 is 0 Å². The highest BCUT2D eigenvalue weighted by Gasteiger charge is 2.28. The molecule has 2 heteroatoms. The minimum Gasteiger partial charge on any atom is -0.380 e. The van der Waals surface area contributed by atoms with Crippen molar-refractivity contribution in [3.63, 3.8) is 0 Å². The van der Waals surface area contributed by atoms with Crippen molar-refractivity contribution >= 4 is 0 Å². The molecule has 0 aliphatic heterocycles. The van der Waals surface area contributed by atoms with Crippen LogP contribution < -0.4 is 5.73 Å². The number of rotatable bonds is 4. The summed E-state index contributed by atoms with van der Waals surface area (Å²) in [6, 6.07) is 0.230. The molecule has 2 nitrogen and oxygen atoms in total. The second kappa shape index (κ2) is 6.49. The maximum Gasteiger partial charge on any atom is 0.0747 e. The maximum atomic E-state index is 6.35. The lowest BCUT2D eigenvalue weighted by molar-refractivity contribution is 0.0250. The first-order chi connectivity index (χ1) is 7.16. The van der Waals surface area contributed by atoms with Gasteiger partial charge in [-0.15, -0.1) is 0 Å². The molecule has 0 amide bonds. The van der Waals surface area contributed by atoms with Gasteiger partial charge in [0.1, 0.15) is 0 Å². The van der Waals surface area contributed by atoms with E-state index in [9.17, 15) is 0 Å². The van der Waals surface area contributed by atoms with Gasteiger partial charge in [0.25, 0.3) is 0 Å². The molecule has 1 aliphatic carbocycles. The SMILES string of the molecule is COC(C(C)C)C(N)C1CCCCCC1. The fourth-order valence-electron chi connectivity index (χ4n) is 2.84. The van der Waals surface area contributed by atoms with Crippen LogP contribution in [0.3, 0.4) is 0 Å². The van der Waals surface area contributed by atoms with Crippen LogP contribution in [0.2, 0.25) is 0 Å². The van der Waals surface area contributed by atoms with E-state index in [0.717, 1.165) is 0 Å². The summed E-state index contributed by atoms with van der Waals surface area (Å²) in [5, 5.41) is 0. The summed E-state index contributed by atoms with van der Waals surface area (Å²) in [7, 11) is 1.79. The summed E-state index contributed by atoms with van der Waals surface area (Å²) < 4.78 is 5.54. The average Bonchev–Trinajstić information content (AvgIpc) is 2.45. The van der Waals surface area contributed by atoms with E-state index in [1.807, 2.05) is 0 Å². The Balaban J connectivity index is 2.51. The lowest BCUT2D eigenvalue weighted by atomic mass is 9.85. The summed E-state index contributed by atoms with van der Waals surface area (Å²) >= 11 is 0. The van der Waals surface area contributed by atoms with Gasteiger partial charge in [-0.25, -0.2) is 0 Å². The molecule has 1 saturated carbocycles. The fraction of sp³-hybridized carbons (Fsp3) is 1.00. The summed E-state index contributed by atoms with van der Waals surface area (Å²) in [4.78, 5) is 0. The van der Waals surface area contributed by atoms with Crippen LogP contribution in [0.15, 0.2) is 0 Å². The van der Waals surface area contributed by atoms with Crippen molar-refractivity contribution in [1.29, 1.82) is 0 Å². The number of ether oxygens (including phenoxy) is 1. The highest BCUT2D eigenvalue weighted by atomic mass is 16.5. The summed E-state index contributed by atoms with van der Waals surface area (Å²) in [5.74, 6) is 1.20. The van der Waals surface area contributed by atoms with Gasteiger partial charge in [-0.2, -0.15) is 0 Å². The molecule has 1 rings (SSSR count). The molecule has 0 aromatic carbocycles. The van der Waals surface area contributed by atoms with E-state index in [2.05, 4.69) is 13.8 Å². The van der Waals surface area contributed by atoms with E-state index in [4.69, 9.17) is 10.5 Å². The highest BCUT2D eigenvalue weighted by Crippen LogP contribution is 2.28. The van der Waals surface area contributed by atoms with Crippen LogP contribution in [0.1, 0.15) is 52.4 Å². The first kappa shape index (κ1) is 13.0. The first-order valence-electron chi connectivity index (χ1n) is 6.45. The van der Waals surface area contributed by atoms with E-state index in [1.165, 1.54) is 38.5 Å². The van der Waals surface area contributed by atoms with E-state index in [0.29, 0.717) is 11.8 Å². The predicted molar refractivity (Wildman–Crippen MR) is 64.8 cm³/mol. The Morgan fingerprint density at radius 2 is 1.60 bits per heavy atom. The van der Waals surface area contributed by atoms with Crippen molar-refractivity contribution in [3.8, 4) is 0 Å². The smallest absolute Gasteiger partial charge is 0.0747 e. The largest absolute Gasteiger partial charge is 0.380 e. The van der Waals surface area contributed by atoms with Gasteiger partial charge in [0.2, 0.25) is 0 Å². The Kier molecular flexibility index (Phi) is 5.62. The molecule has 0 aromatic rings. The molecule has 2 atom stereocenters. The third-order valence-corrected chi connectivity index (χ3v) is 3.75. The Morgan fingerprint density at radius 1 is 1.07 bits per heavy atom. The van der Waals surface area contributed by atoms with Gasteiger partial charge < -0.3 is 10.5 Å². The minimum absolute atomic E-state index is 0.230. The molecule has 0 radical (unpaired) electrons. The standard InChI is InChI=1S/C13H27NO/c1-10(2)13(15-3)12(14)11-8-6-4-5-7-9-11/h10-13H,4-9,14H2,1-3H3. The Bertz CT molecular complexity index is 162. The number of nitrogens with two attached hydrogens (primary N) is 1. The monoisotopic (exact) mass is 213 g/mol. The Morgan fingerprint density at radius 3 is 2.00 bits per heavy atom. The van der Waals surface area contributed by atoms with E-state index in [1.54, 1.807) is 7.11 Å². The predicted octanol–water partition coefficient (Wildman–Crippen LogP) is 2.96. The highest BCUT2D eigenvalue weighted by molar-refractivity contribution is 4.84. The van der Waals surface area contributed by atoms with Crippen LogP contribution in [0, 0.1) is 11.8 Å². The molecule has 15 heavy (non-hydrogen) atoms. The van der Waals surface area contributed by atoms with Crippen molar-refractivity contribution in [2.75, 3.05) is 7.11 Å². The normalized spacial score (nSPS) is 23.8. The third kappa shape index (κ3) is 3.76. The lowest BCUT2D eigenvalue weighted by Crippen LogP contribution is -2.45. The first-order valence-corrected chi connectivity index (χ1v) is 6.45. The summed E-state index contributed by atoms with van der Waals surface area (Å²) in [6.07, 6.45) is 8.32. The molecule has 0 saturated heterocycles. The third-order valence-electron chi connectivity index (χ3n) is 3.75. The Hall–Kier alpha value is -0.0800. The zero-order valence-corrected chi connectivity index (χ0v) is 10.5. The zero-order chi connectivity index (χ0) is 11.3. The van der Waals surface area contributed by atoms with Gasteiger partial charge in [-0.05, 0) is 24.7 Å². The molecular weight excluding hydrogens is 186 g/mol. The molecule has 0 bridgehead atoms. The second-order valence-corrected chi connectivity index (χ2v) is 5.27. The molecule has 0 heterocycles. The van der Waals surface area contributed by atoms with Crippen molar-refractivity contribution in [3.05, 3.63) is 0 Å². The fourth-order valence-corrected chi connectivity index (χ4v) is 2.84. The van der Waals surface area contributed by atoms with Gasteiger partial charge in [0.05, 0.1) is 6.10 Å². The van der Waals surface area contributed by atoms with Crippen LogP contribution >= 0.6 is 0 Å². The van der Waals surface area contributed by atoms with Crippen LogP contribution in [-0.4, -0.2) is 19.3 Å². The van der Waals surface area contributed by atoms with Gasteiger partial charge >= 0.3 is 0 Å². The average molecular weight is 213 g/mol. The molecule has 2 unspecified atom stereocenters. The maximum absolute atomic E-state index is 6.35. The number of hydrogen-bond acceptors (Lipinski definition) is 2. The zero-order valence-electron chi connectivity index (χ0n) is 10.5. The van der Waals surface area contributed by atoms with Crippen LogP contribution in [-0.2, 0) is 4.74 Å². The molecule has 0 spiro atoms. The molecular formula is C13H27NO. The molecule has 90 valence electrons. The van der Waals surface area contributed by atoms with E-state index >= 15 is 0 Å². The van der Waals surface area contributed by atoms with Gasteiger partial charge in [-0.1, -0.05) is 39.5 Å². The molecule has 2 N–H and O–H groups in total. The number of methoxy groups -OCH3 is 1. The van der Waals surface area contributed by atoms with E-state index in [-0.39, 0.29) is 12.1 Å². The van der Waals surface area contributed by atoms with Crippen molar-refractivity contribution in [2.45, 2.75) is 64.5 Å². The second-order valence-electron chi connectivity index (χ2n) is 5.27. The summed E-state index contributed by atoms with van der Waals surface area (Å²) in [6.45, 7) is 4.40. The van der Waals surface area contributed by atoms with Crippen molar-refractivity contribution in [2.24, 2.45) is 17.6 Å². The quantitative estimate of drug-likeness (QED) is 0.729. The topological polar surface area (TPSA) is 35.2 Å². The molecule has 0 aromatic heterocycles. The van der Waals surface area contributed by atoms with Gasteiger partial charge in [0.15, 0.2) is 0 Å². The van der Waals surface area contributed by atoms with Gasteiger partial charge in [-0.3, -0.25) is 0 Å². The van der Waals surface area contributed by atoms with Crippen LogP contribution in [0.4, 0.5) is 0 Å². The Labute approximate surface area is 94.6 Å². The lowest BCUT2D eigenvalue weighted by Gasteiger charge is -2.31. The number of hydrogen-bond donors (Lipinski definition) is 1. The minimum atomic E-state index is 0.230. The molecule has 1 aliphatic rings. The van der Waals surface area contributed by atoms with Crippen LogP contribution in [0.25, 0.3) is 0 Å². The van der Waals surface area contributed by atoms with Crippen molar-refractivity contribution < 1.29 is 4.74 Å². The van der Waals surface area contributed by atoms with Crippen molar-refractivity contribution in [1.82, 2.24) is 0 Å². The van der Waals surface area contributed by atoms with Crippen LogP contribution in [0.5, 0.6) is 0 Å².